The number of halogens is 3. The van der Waals surface area contributed by atoms with Gasteiger partial charge in [-0.1, -0.05) is 6.07 Å². The van der Waals surface area contributed by atoms with Crippen LogP contribution in [-0.2, 0) is 11.3 Å². The van der Waals surface area contributed by atoms with Gasteiger partial charge in [0.25, 0.3) is 12.3 Å². The van der Waals surface area contributed by atoms with Crippen LogP contribution in [0.2, 0.25) is 0 Å². The molecular formula is C22H20F3N5O. The summed E-state index contributed by atoms with van der Waals surface area (Å²) in [5.74, 6) is -0.334. The maximum absolute atomic E-state index is 13.8. The van der Waals surface area contributed by atoms with E-state index < -0.39 is 13.0 Å². The molecule has 2 aromatic heterocycles. The fourth-order valence-electron chi connectivity index (χ4n) is 3.60. The number of fused-ring (bicyclic) bond motifs is 1. The van der Waals surface area contributed by atoms with Crippen molar-refractivity contribution in [3.05, 3.63) is 64.9 Å². The summed E-state index contributed by atoms with van der Waals surface area (Å²) in [5, 5.41) is 9.93. The summed E-state index contributed by atoms with van der Waals surface area (Å²) in [6.45, 7) is 4.74. The number of benzene rings is 1. The minimum Gasteiger partial charge on any atom is -0.342 e. The van der Waals surface area contributed by atoms with Crippen molar-refractivity contribution in [3.63, 3.8) is 0 Å². The van der Waals surface area contributed by atoms with Gasteiger partial charge in [0.15, 0.2) is 5.82 Å². The molecule has 160 valence electrons. The molecule has 0 saturated carbocycles. The van der Waals surface area contributed by atoms with Gasteiger partial charge in [-0.25, -0.2) is 13.2 Å². The first-order valence-corrected chi connectivity index (χ1v) is 9.61. The second kappa shape index (κ2) is 7.90. The zero-order chi connectivity index (χ0) is 22.3. The van der Waals surface area contributed by atoms with E-state index in [-0.39, 0.29) is 11.7 Å². The molecule has 0 unspecified atom stereocenters. The lowest BCUT2D eigenvalue weighted by Gasteiger charge is -2.09. The Hall–Kier alpha value is -3.62. The van der Waals surface area contributed by atoms with Gasteiger partial charge >= 0.3 is 0 Å². The van der Waals surface area contributed by atoms with Gasteiger partial charge in [0.05, 0.1) is 23.2 Å². The van der Waals surface area contributed by atoms with Crippen LogP contribution in [0.5, 0.6) is 0 Å². The Kier molecular flexibility index (Phi) is 5.26. The largest absolute Gasteiger partial charge is 0.342 e. The van der Waals surface area contributed by atoms with Crippen LogP contribution in [0.1, 0.15) is 23.7 Å². The molecule has 1 aliphatic heterocycles. The molecular weight excluding hydrogens is 407 g/mol. The third-order valence-corrected chi connectivity index (χ3v) is 5.11. The zero-order valence-electron chi connectivity index (χ0n) is 17.1. The molecule has 1 amide bonds. The summed E-state index contributed by atoms with van der Waals surface area (Å²) in [5.41, 5.74) is 4.64. The van der Waals surface area contributed by atoms with Gasteiger partial charge in [0.2, 0.25) is 0 Å². The number of nitrogens with zero attached hydrogens (tertiary/aromatic N) is 3. The Morgan fingerprint density at radius 3 is 2.71 bits per heavy atom. The number of carbonyl (C=O) groups excluding carboxylic acids is 1. The maximum atomic E-state index is 13.8. The number of amides is 1. The fraction of sp³-hybridized carbons (Fsp3) is 0.227. The quantitative estimate of drug-likeness (QED) is 0.576. The molecule has 4 rings (SSSR count). The number of aryl methyl sites for hydroxylation is 2. The number of anilines is 2. The molecule has 0 saturated heterocycles. The predicted octanol–water partition coefficient (Wildman–Crippen LogP) is 4.76. The van der Waals surface area contributed by atoms with Crippen molar-refractivity contribution in [2.45, 2.75) is 33.7 Å². The van der Waals surface area contributed by atoms with Crippen LogP contribution in [0.15, 0.2) is 42.2 Å². The van der Waals surface area contributed by atoms with Crippen molar-refractivity contribution in [1.82, 2.24) is 14.8 Å². The van der Waals surface area contributed by atoms with Crippen LogP contribution in [-0.4, -0.2) is 27.1 Å². The summed E-state index contributed by atoms with van der Waals surface area (Å²) < 4.78 is 40.4. The molecule has 0 spiro atoms. The average Bonchev–Trinajstić information content (AvgIpc) is 3.20. The van der Waals surface area contributed by atoms with E-state index in [9.17, 15) is 18.0 Å². The van der Waals surface area contributed by atoms with Crippen LogP contribution >= 0.6 is 0 Å². The zero-order valence-corrected chi connectivity index (χ0v) is 17.1. The van der Waals surface area contributed by atoms with Crippen LogP contribution < -0.4 is 10.6 Å². The highest BCUT2D eigenvalue weighted by atomic mass is 19.3. The molecule has 6 nitrogen and oxygen atoms in total. The normalized spacial score (nSPS) is 14.6. The van der Waals surface area contributed by atoms with Crippen LogP contribution in [0.3, 0.4) is 0 Å². The smallest absolute Gasteiger partial charge is 0.258 e. The monoisotopic (exact) mass is 427 g/mol. The number of allylic oxidation sites excluding steroid dienone is 1. The molecule has 0 atom stereocenters. The second-order valence-electron chi connectivity index (χ2n) is 7.40. The van der Waals surface area contributed by atoms with Crippen molar-refractivity contribution in [2.75, 3.05) is 10.6 Å². The molecule has 2 N–H and O–H groups in total. The van der Waals surface area contributed by atoms with Crippen LogP contribution in [0.4, 0.5) is 24.7 Å². The lowest BCUT2D eigenvalue weighted by Crippen LogP contribution is -2.11. The van der Waals surface area contributed by atoms with Gasteiger partial charge in [-0.05, 0) is 44.5 Å². The summed E-state index contributed by atoms with van der Waals surface area (Å²) >= 11 is 0. The molecule has 9 heteroatoms. The number of alkyl halides is 2. The van der Waals surface area contributed by atoms with E-state index in [0.29, 0.717) is 45.3 Å². The second-order valence-corrected chi connectivity index (χ2v) is 7.40. The van der Waals surface area contributed by atoms with Gasteiger partial charge in [-0.15, -0.1) is 0 Å². The molecule has 3 heterocycles. The SMILES string of the molecule is C/C(Nc1cc(C)n(CC(F)F)n1)=C1/C(=O)Nc2cnc(-c3cc(F)ccc3C)cc21. The minimum atomic E-state index is -2.52. The van der Waals surface area contributed by atoms with Crippen molar-refractivity contribution >= 4 is 23.0 Å². The average molecular weight is 427 g/mol. The third-order valence-electron chi connectivity index (χ3n) is 5.11. The lowest BCUT2D eigenvalue weighted by atomic mass is 10.0. The van der Waals surface area contributed by atoms with Crippen LogP contribution in [0, 0.1) is 19.7 Å². The van der Waals surface area contributed by atoms with Crippen molar-refractivity contribution in [3.8, 4) is 11.3 Å². The number of carbonyl (C=O) groups is 1. The van der Waals surface area contributed by atoms with Crippen molar-refractivity contribution in [1.29, 1.82) is 0 Å². The van der Waals surface area contributed by atoms with Gasteiger partial charge in [0, 0.05) is 28.6 Å². The Morgan fingerprint density at radius 2 is 1.97 bits per heavy atom. The first-order valence-electron chi connectivity index (χ1n) is 9.61. The topological polar surface area (TPSA) is 71.8 Å². The molecule has 31 heavy (non-hydrogen) atoms. The highest BCUT2D eigenvalue weighted by Gasteiger charge is 2.28. The van der Waals surface area contributed by atoms with E-state index >= 15 is 0 Å². The number of nitrogens with one attached hydrogen (secondary N) is 2. The summed E-state index contributed by atoms with van der Waals surface area (Å²) in [7, 11) is 0. The number of pyridine rings is 1. The van der Waals surface area contributed by atoms with E-state index in [1.54, 1.807) is 32.0 Å². The maximum Gasteiger partial charge on any atom is 0.258 e. The van der Waals surface area contributed by atoms with Crippen molar-refractivity contribution < 1.29 is 18.0 Å². The summed E-state index contributed by atoms with van der Waals surface area (Å²) in [6.07, 6.45) is -0.982. The van der Waals surface area contributed by atoms with E-state index in [2.05, 4.69) is 20.7 Å². The van der Waals surface area contributed by atoms with E-state index in [1.165, 1.54) is 23.0 Å². The van der Waals surface area contributed by atoms with Gasteiger partial charge in [-0.3, -0.25) is 14.5 Å². The Labute approximate surface area is 176 Å². The summed E-state index contributed by atoms with van der Waals surface area (Å²) in [4.78, 5) is 17.0. The first kappa shape index (κ1) is 20.6. The fourth-order valence-corrected chi connectivity index (χ4v) is 3.60. The molecule has 1 aromatic carbocycles. The van der Waals surface area contributed by atoms with E-state index in [0.717, 1.165) is 5.56 Å². The van der Waals surface area contributed by atoms with Crippen molar-refractivity contribution in [2.24, 2.45) is 0 Å². The number of hydrogen-bond donors (Lipinski definition) is 2. The minimum absolute atomic E-state index is 0.321. The molecule has 0 fully saturated rings. The van der Waals surface area contributed by atoms with E-state index in [4.69, 9.17) is 0 Å². The summed E-state index contributed by atoms with van der Waals surface area (Å²) in [6, 6.07) is 7.82. The van der Waals surface area contributed by atoms with E-state index in [1.807, 2.05) is 6.92 Å². The lowest BCUT2D eigenvalue weighted by molar-refractivity contribution is -0.110. The predicted molar refractivity (Wildman–Crippen MR) is 112 cm³/mol. The molecule has 1 aliphatic rings. The number of rotatable bonds is 5. The first-order chi connectivity index (χ1) is 14.7. The van der Waals surface area contributed by atoms with Gasteiger partial charge < -0.3 is 10.6 Å². The third kappa shape index (κ3) is 4.03. The van der Waals surface area contributed by atoms with Gasteiger partial charge in [-0.2, -0.15) is 5.10 Å². The van der Waals surface area contributed by atoms with Gasteiger partial charge in [0.1, 0.15) is 12.4 Å². The Balaban J connectivity index is 1.71. The molecule has 0 aliphatic carbocycles. The standard InChI is InChI=1S/C22H20F3N5O/c1-11-4-5-14(23)7-15(11)17-8-16-18(9-26-17)28-22(31)21(16)13(3)27-20-6-12(2)30(29-20)10-19(24)25/h4-9,19H,10H2,1-3H3,(H,27,29)(H,28,31)/b21-13-. The van der Waals surface area contributed by atoms with Crippen LogP contribution in [0.25, 0.3) is 16.8 Å². The molecule has 3 aromatic rings. The Morgan fingerprint density at radius 1 is 1.19 bits per heavy atom. The highest BCUT2D eigenvalue weighted by Crippen LogP contribution is 2.36. The number of hydrogen-bond acceptors (Lipinski definition) is 4. The number of aromatic nitrogens is 3. The Bertz CT molecular complexity index is 1220. The molecule has 0 radical (unpaired) electrons. The highest BCUT2D eigenvalue weighted by molar-refractivity contribution is 6.32. The molecule has 0 bridgehead atoms.